The number of methoxy groups -OCH3 is 3. The maximum atomic E-state index is 13.3. The summed E-state index contributed by atoms with van der Waals surface area (Å²) < 4.78 is 16.1. The maximum Gasteiger partial charge on any atom is 0.300 e. The molecule has 1 unspecified atom stereocenters. The van der Waals surface area contributed by atoms with Crippen molar-refractivity contribution >= 4 is 23.1 Å². The van der Waals surface area contributed by atoms with E-state index in [1.54, 1.807) is 67.0 Å². The van der Waals surface area contributed by atoms with Crippen LogP contribution in [0.1, 0.15) is 17.2 Å². The zero-order chi connectivity index (χ0) is 23.5. The predicted molar refractivity (Wildman–Crippen MR) is 122 cm³/mol. The minimum Gasteiger partial charge on any atom is -0.507 e. The second-order valence-electron chi connectivity index (χ2n) is 7.19. The summed E-state index contributed by atoms with van der Waals surface area (Å²) >= 11 is 0. The molecule has 1 N–H and O–H groups in total. The van der Waals surface area contributed by atoms with E-state index in [-0.39, 0.29) is 16.9 Å². The summed E-state index contributed by atoms with van der Waals surface area (Å²) in [4.78, 5) is 32.0. The van der Waals surface area contributed by atoms with Gasteiger partial charge in [0.25, 0.3) is 11.7 Å². The van der Waals surface area contributed by atoms with E-state index < -0.39 is 17.7 Å². The Bertz CT molecular complexity index is 1240. The van der Waals surface area contributed by atoms with Gasteiger partial charge in [-0.15, -0.1) is 0 Å². The van der Waals surface area contributed by atoms with Crippen molar-refractivity contribution in [3.63, 3.8) is 0 Å². The fourth-order valence-electron chi connectivity index (χ4n) is 3.90. The molecule has 2 aromatic carbocycles. The molecule has 1 aliphatic rings. The van der Waals surface area contributed by atoms with Gasteiger partial charge in [0.15, 0.2) is 0 Å². The van der Waals surface area contributed by atoms with Crippen molar-refractivity contribution in [1.82, 2.24) is 4.98 Å². The molecular weight excluding hydrogens is 424 g/mol. The van der Waals surface area contributed by atoms with E-state index in [1.165, 1.54) is 26.2 Å². The Kier molecular flexibility index (Phi) is 5.99. The van der Waals surface area contributed by atoms with Crippen LogP contribution in [0.2, 0.25) is 0 Å². The highest BCUT2D eigenvalue weighted by Gasteiger charge is 2.48. The summed E-state index contributed by atoms with van der Waals surface area (Å²) in [6.45, 7) is 0. The lowest BCUT2D eigenvalue weighted by atomic mass is 9.95. The van der Waals surface area contributed by atoms with E-state index in [9.17, 15) is 14.7 Å². The summed E-state index contributed by atoms with van der Waals surface area (Å²) in [5, 5.41) is 11.3. The van der Waals surface area contributed by atoms with Crippen molar-refractivity contribution in [1.29, 1.82) is 0 Å². The van der Waals surface area contributed by atoms with Gasteiger partial charge in [0.05, 0.1) is 44.2 Å². The van der Waals surface area contributed by atoms with Crippen molar-refractivity contribution in [2.24, 2.45) is 0 Å². The number of aliphatic hydroxyl groups excluding tert-OH is 1. The number of carbonyl (C=O) groups excluding carboxylic acids is 2. The fourth-order valence-corrected chi connectivity index (χ4v) is 3.90. The minimum absolute atomic E-state index is 0.0811. The van der Waals surface area contributed by atoms with Gasteiger partial charge in [-0.3, -0.25) is 19.5 Å². The van der Waals surface area contributed by atoms with Gasteiger partial charge in [-0.05, 0) is 35.9 Å². The quantitative estimate of drug-likeness (QED) is 0.350. The highest BCUT2D eigenvalue weighted by molar-refractivity contribution is 6.52. The Morgan fingerprint density at radius 3 is 2.36 bits per heavy atom. The molecule has 168 valence electrons. The van der Waals surface area contributed by atoms with Crippen LogP contribution in [0.5, 0.6) is 17.2 Å². The van der Waals surface area contributed by atoms with Crippen molar-refractivity contribution in [2.75, 3.05) is 26.2 Å². The molecular formula is C25H22N2O6. The molecule has 1 aliphatic heterocycles. The third kappa shape index (κ3) is 3.76. The number of amides is 1. The topological polar surface area (TPSA) is 98.2 Å². The van der Waals surface area contributed by atoms with Crippen molar-refractivity contribution in [3.05, 3.63) is 83.7 Å². The molecule has 33 heavy (non-hydrogen) atoms. The Morgan fingerprint density at radius 2 is 1.70 bits per heavy atom. The smallest absolute Gasteiger partial charge is 0.300 e. The van der Waals surface area contributed by atoms with Crippen molar-refractivity contribution in [3.8, 4) is 17.2 Å². The van der Waals surface area contributed by atoms with E-state index in [4.69, 9.17) is 14.2 Å². The number of benzene rings is 2. The van der Waals surface area contributed by atoms with E-state index >= 15 is 0 Å². The van der Waals surface area contributed by atoms with Crippen LogP contribution in [0, 0.1) is 0 Å². The lowest BCUT2D eigenvalue weighted by Gasteiger charge is -2.26. The Hall–Kier alpha value is -4.33. The minimum atomic E-state index is -0.929. The number of nitrogens with zero attached hydrogens (tertiary/aromatic N) is 2. The van der Waals surface area contributed by atoms with E-state index in [2.05, 4.69) is 4.98 Å². The standard InChI is InChI=1S/C25H22N2O6/c1-31-16-10-11-17(20(13-16)33-3)23(28)21-22(15-7-6-12-26-14-15)27(25(30)24(21)29)18-8-4-5-9-19(18)32-2/h4-14,22,28H,1-3H3/b23-21-. The summed E-state index contributed by atoms with van der Waals surface area (Å²) in [6, 6.07) is 14.2. The van der Waals surface area contributed by atoms with Crippen LogP contribution in [0.4, 0.5) is 5.69 Å². The highest BCUT2D eigenvalue weighted by Crippen LogP contribution is 2.45. The molecule has 3 aromatic rings. The molecule has 0 radical (unpaired) electrons. The Labute approximate surface area is 190 Å². The average Bonchev–Trinajstić information content (AvgIpc) is 3.13. The van der Waals surface area contributed by atoms with Crippen molar-refractivity contribution in [2.45, 2.75) is 6.04 Å². The second-order valence-corrected chi connectivity index (χ2v) is 7.19. The number of rotatable bonds is 6. The molecule has 1 amide bonds. The molecule has 2 heterocycles. The van der Waals surface area contributed by atoms with Gasteiger partial charge in [-0.1, -0.05) is 18.2 Å². The molecule has 1 fully saturated rings. The first-order chi connectivity index (χ1) is 16.0. The molecule has 8 nitrogen and oxygen atoms in total. The van der Waals surface area contributed by atoms with Crippen LogP contribution in [0.15, 0.2) is 72.6 Å². The molecule has 1 saturated heterocycles. The number of hydrogen-bond donors (Lipinski definition) is 1. The Balaban J connectivity index is 1.98. The van der Waals surface area contributed by atoms with Gasteiger partial charge < -0.3 is 19.3 Å². The SMILES string of the molecule is COc1ccc(/C(O)=C2/C(=O)C(=O)N(c3ccccc3OC)C2c2cccnc2)c(OC)c1. The first-order valence-electron chi connectivity index (χ1n) is 10.1. The van der Waals surface area contributed by atoms with E-state index in [0.29, 0.717) is 28.5 Å². The summed E-state index contributed by atoms with van der Waals surface area (Å²) in [7, 11) is 4.43. The zero-order valence-corrected chi connectivity index (χ0v) is 18.3. The largest absolute Gasteiger partial charge is 0.507 e. The van der Waals surface area contributed by atoms with E-state index in [1.807, 2.05) is 0 Å². The van der Waals surface area contributed by atoms with Gasteiger partial charge in [0, 0.05) is 18.5 Å². The number of aromatic nitrogens is 1. The number of ether oxygens (including phenoxy) is 3. The number of para-hydroxylation sites is 2. The third-order valence-corrected chi connectivity index (χ3v) is 5.45. The number of anilines is 1. The van der Waals surface area contributed by atoms with Gasteiger partial charge in [-0.2, -0.15) is 0 Å². The molecule has 1 atom stereocenters. The van der Waals surface area contributed by atoms with Gasteiger partial charge >= 0.3 is 0 Å². The molecule has 4 rings (SSSR count). The first-order valence-corrected chi connectivity index (χ1v) is 10.1. The van der Waals surface area contributed by atoms with Crippen LogP contribution in [-0.4, -0.2) is 43.1 Å². The van der Waals surface area contributed by atoms with Gasteiger partial charge in [-0.25, -0.2) is 0 Å². The molecule has 0 saturated carbocycles. The molecule has 1 aromatic heterocycles. The van der Waals surface area contributed by atoms with E-state index in [0.717, 1.165) is 0 Å². The number of ketones is 1. The molecule has 0 spiro atoms. The van der Waals surface area contributed by atoms with Gasteiger partial charge in [0.1, 0.15) is 23.0 Å². The van der Waals surface area contributed by atoms with Crippen LogP contribution >= 0.6 is 0 Å². The van der Waals surface area contributed by atoms with Crippen LogP contribution < -0.4 is 19.1 Å². The number of carbonyl (C=O) groups is 2. The number of hydrogen-bond acceptors (Lipinski definition) is 7. The van der Waals surface area contributed by atoms with Crippen LogP contribution in [0.3, 0.4) is 0 Å². The Morgan fingerprint density at radius 1 is 0.939 bits per heavy atom. The van der Waals surface area contributed by atoms with Crippen LogP contribution in [-0.2, 0) is 9.59 Å². The highest BCUT2D eigenvalue weighted by atomic mass is 16.5. The molecule has 8 heteroatoms. The number of aliphatic hydroxyl groups is 1. The normalized spacial score (nSPS) is 17.2. The number of pyridine rings is 1. The maximum absolute atomic E-state index is 13.3. The lowest BCUT2D eigenvalue weighted by Crippen LogP contribution is -2.29. The molecule has 0 aliphatic carbocycles. The lowest BCUT2D eigenvalue weighted by molar-refractivity contribution is -0.132. The summed E-state index contributed by atoms with van der Waals surface area (Å²) in [5.74, 6) is -0.760. The summed E-state index contributed by atoms with van der Waals surface area (Å²) in [5.41, 5.74) is 1.13. The van der Waals surface area contributed by atoms with Gasteiger partial charge in [0.2, 0.25) is 0 Å². The predicted octanol–water partition coefficient (Wildman–Crippen LogP) is 3.73. The molecule has 0 bridgehead atoms. The van der Waals surface area contributed by atoms with Crippen LogP contribution in [0.25, 0.3) is 5.76 Å². The number of Topliss-reactive ketones (excluding diaryl/α,β-unsaturated/α-hetero) is 1. The summed E-state index contributed by atoms with van der Waals surface area (Å²) in [6.07, 6.45) is 3.14. The first kappa shape index (κ1) is 21.9. The third-order valence-electron chi connectivity index (χ3n) is 5.45. The van der Waals surface area contributed by atoms with Crippen molar-refractivity contribution < 1.29 is 28.9 Å². The zero-order valence-electron chi connectivity index (χ0n) is 18.3. The fraction of sp³-hybridized carbons (Fsp3) is 0.160. The average molecular weight is 446 g/mol. The second kappa shape index (κ2) is 9.04. The monoisotopic (exact) mass is 446 g/mol.